The zero-order valence-corrected chi connectivity index (χ0v) is 13.9. The molecule has 0 saturated heterocycles. The van der Waals surface area contributed by atoms with Crippen molar-refractivity contribution < 1.29 is 14.6 Å². The molecule has 0 saturated carbocycles. The predicted octanol–water partition coefficient (Wildman–Crippen LogP) is 2.37. The third-order valence-electron chi connectivity index (χ3n) is 4.80. The topological polar surface area (TPSA) is 75.2 Å². The van der Waals surface area contributed by atoms with E-state index in [4.69, 9.17) is 4.74 Å². The zero-order valence-electron chi connectivity index (χ0n) is 13.9. The highest BCUT2D eigenvalue weighted by Crippen LogP contribution is 2.47. The van der Waals surface area contributed by atoms with Gasteiger partial charge >= 0.3 is 0 Å². The van der Waals surface area contributed by atoms with Gasteiger partial charge in [0.1, 0.15) is 11.5 Å². The Balaban J connectivity index is 2.23. The third-order valence-corrected chi connectivity index (χ3v) is 4.80. The van der Waals surface area contributed by atoms with Crippen molar-refractivity contribution in [3.63, 3.8) is 0 Å². The van der Waals surface area contributed by atoms with Crippen LogP contribution in [0, 0.1) is 12.8 Å². The molecule has 0 aliphatic heterocycles. The summed E-state index contributed by atoms with van der Waals surface area (Å²) in [4.78, 5) is 12.4. The Hall–Kier alpha value is -2.14. The number of fused-ring (bicyclic) bond motifs is 1. The Morgan fingerprint density at radius 1 is 1.48 bits per heavy atom. The number of H-pyrrole nitrogens is 1. The Morgan fingerprint density at radius 3 is 2.87 bits per heavy atom. The molecule has 1 aliphatic rings. The van der Waals surface area contributed by atoms with Crippen LogP contribution in [0.1, 0.15) is 42.3 Å². The highest BCUT2D eigenvalue weighted by molar-refractivity contribution is 5.82. The van der Waals surface area contributed by atoms with E-state index in [2.05, 4.69) is 10.2 Å². The van der Waals surface area contributed by atoms with E-state index in [0.29, 0.717) is 6.42 Å². The number of ketones is 1. The molecule has 1 aliphatic carbocycles. The lowest BCUT2D eigenvalue weighted by Crippen LogP contribution is -2.48. The number of Topliss-reactive ketones (excluding diaryl/α,β-unsaturated/α-hetero) is 1. The number of nitrogens with zero attached hydrogens (tertiary/aromatic N) is 1. The van der Waals surface area contributed by atoms with E-state index >= 15 is 0 Å². The lowest BCUT2D eigenvalue weighted by molar-refractivity contribution is -0.130. The number of carbonyl (C=O) groups excluding carboxylic acids is 1. The maximum Gasteiger partial charge on any atom is 0.136 e. The second kappa shape index (κ2) is 5.49. The molecule has 3 rings (SSSR count). The summed E-state index contributed by atoms with van der Waals surface area (Å²) in [5.74, 6) is -0.0368. The van der Waals surface area contributed by atoms with Crippen LogP contribution in [-0.4, -0.2) is 33.8 Å². The predicted molar refractivity (Wildman–Crippen MR) is 86.7 cm³/mol. The first-order valence-electron chi connectivity index (χ1n) is 7.75. The first-order chi connectivity index (χ1) is 10.8. The number of rotatable bonds is 3. The number of methoxy groups -OCH3 is 1. The lowest BCUT2D eigenvalue weighted by Gasteiger charge is -2.41. The first kappa shape index (κ1) is 15.7. The molecule has 2 N–H and O–H groups in total. The molecule has 1 heterocycles. The number of carbonyl (C=O) groups is 1. The van der Waals surface area contributed by atoms with Gasteiger partial charge in [0.15, 0.2) is 0 Å². The number of hydrogen-bond acceptors (Lipinski definition) is 4. The molecule has 0 radical (unpaired) electrons. The van der Waals surface area contributed by atoms with Crippen molar-refractivity contribution >= 4 is 5.78 Å². The van der Waals surface area contributed by atoms with Gasteiger partial charge in [-0.15, -0.1) is 0 Å². The summed E-state index contributed by atoms with van der Waals surface area (Å²) in [5, 5.41) is 18.3. The number of aromatic nitrogens is 2. The van der Waals surface area contributed by atoms with Gasteiger partial charge in [-0.2, -0.15) is 5.10 Å². The maximum atomic E-state index is 12.4. The quantitative estimate of drug-likeness (QED) is 0.912. The summed E-state index contributed by atoms with van der Waals surface area (Å²) in [7, 11) is 1.62. The van der Waals surface area contributed by atoms with E-state index in [1.54, 1.807) is 21.0 Å². The Morgan fingerprint density at radius 2 is 2.22 bits per heavy atom. The highest BCUT2D eigenvalue weighted by Gasteiger charge is 2.48. The fraction of sp³-hybridized carbons (Fsp3) is 0.444. The van der Waals surface area contributed by atoms with Crippen LogP contribution in [0.5, 0.6) is 5.75 Å². The van der Waals surface area contributed by atoms with Gasteiger partial charge in [-0.1, -0.05) is 12.1 Å². The number of nitrogens with one attached hydrogen (secondary N) is 1. The normalized spacial score (nSPS) is 26.7. The van der Waals surface area contributed by atoms with Crippen molar-refractivity contribution in [2.75, 3.05) is 7.11 Å². The van der Waals surface area contributed by atoms with Crippen LogP contribution in [-0.2, 0) is 11.2 Å². The summed E-state index contributed by atoms with van der Waals surface area (Å²) in [6.07, 6.45) is 0.372. The van der Waals surface area contributed by atoms with E-state index in [9.17, 15) is 9.90 Å². The first-order valence-corrected chi connectivity index (χ1v) is 7.75. The van der Waals surface area contributed by atoms with E-state index in [0.717, 1.165) is 28.3 Å². The van der Waals surface area contributed by atoms with Crippen molar-refractivity contribution in [2.45, 2.75) is 38.7 Å². The van der Waals surface area contributed by atoms with Crippen LogP contribution in [0.4, 0.5) is 0 Å². The Kier molecular flexibility index (Phi) is 3.76. The molecule has 2 aromatic rings. The second-order valence-corrected chi connectivity index (χ2v) is 6.59. The van der Waals surface area contributed by atoms with Crippen LogP contribution in [0.3, 0.4) is 0 Å². The molecular weight excluding hydrogens is 292 g/mol. The van der Waals surface area contributed by atoms with Crippen LogP contribution in [0.2, 0.25) is 0 Å². The smallest absolute Gasteiger partial charge is 0.136 e. The minimum absolute atomic E-state index is 0.0194. The van der Waals surface area contributed by atoms with E-state index < -0.39 is 11.5 Å². The SMILES string of the molecule is COc1cccc([C@@H]2c3c(n[nH]c3C)C[C@@](C)(O)[C@@H]2C(C)=O)c1. The van der Waals surface area contributed by atoms with Crippen LogP contribution >= 0.6 is 0 Å². The van der Waals surface area contributed by atoms with Crippen molar-refractivity contribution in [3.8, 4) is 5.75 Å². The lowest BCUT2D eigenvalue weighted by atomic mass is 9.64. The molecule has 1 aromatic heterocycles. The fourth-order valence-corrected chi connectivity index (χ4v) is 3.88. The van der Waals surface area contributed by atoms with E-state index in [1.807, 2.05) is 31.2 Å². The number of aryl methyl sites for hydroxylation is 1. The molecular formula is C18H22N2O3. The third kappa shape index (κ3) is 2.55. The summed E-state index contributed by atoms with van der Waals surface area (Å²) >= 11 is 0. The zero-order chi connectivity index (χ0) is 16.8. The fourth-order valence-electron chi connectivity index (χ4n) is 3.88. The van der Waals surface area contributed by atoms with Crippen LogP contribution in [0.25, 0.3) is 0 Å². The number of aromatic amines is 1. The largest absolute Gasteiger partial charge is 0.497 e. The minimum atomic E-state index is -1.13. The van der Waals surface area contributed by atoms with Crippen LogP contribution in [0.15, 0.2) is 24.3 Å². The van der Waals surface area contributed by atoms with Crippen molar-refractivity contribution in [3.05, 3.63) is 46.8 Å². The van der Waals surface area contributed by atoms with Gasteiger partial charge in [0.05, 0.1) is 24.3 Å². The van der Waals surface area contributed by atoms with Gasteiger partial charge in [0, 0.05) is 23.6 Å². The Bertz CT molecular complexity index is 748. The van der Waals surface area contributed by atoms with Gasteiger partial charge < -0.3 is 9.84 Å². The molecule has 0 bridgehead atoms. The Labute approximate surface area is 135 Å². The standard InChI is InChI=1S/C18H22N2O3/c1-10-15-14(20-19-10)9-18(3,22)17(11(2)21)16(15)12-6-5-7-13(8-12)23-4/h5-8,16-17,22H,9H2,1-4H3,(H,19,20)/t16-,17-,18-/m1/s1. The highest BCUT2D eigenvalue weighted by atomic mass is 16.5. The molecule has 1 aromatic carbocycles. The monoisotopic (exact) mass is 314 g/mol. The summed E-state index contributed by atoms with van der Waals surface area (Å²) in [6.45, 7) is 5.22. The summed E-state index contributed by atoms with van der Waals surface area (Å²) in [5.41, 5.74) is 2.61. The molecule has 5 heteroatoms. The maximum absolute atomic E-state index is 12.4. The molecule has 122 valence electrons. The van der Waals surface area contributed by atoms with Crippen molar-refractivity contribution in [1.82, 2.24) is 10.2 Å². The number of ether oxygens (including phenoxy) is 1. The van der Waals surface area contributed by atoms with E-state index in [1.165, 1.54) is 0 Å². The molecule has 0 spiro atoms. The summed E-state index contributed by atoms with van der Waals surface area (Å²) in [6, 6.07) is 7.68. The average molecular weight is 314 g/mol. The van der Waals surface area contributed by atoms with Crippen LogP contribution < -0.4 is 4.74 Å². The minimum Gasteiger partial charge on any atom is -0.497 e. The number of hydrogen-bond donors (Lipinski definition) is 2. The molecule has 3 atom stereocenters. The van der Waals surface area contributed by atoms with Gasteiger partial charge in [0.25, 0.3) is 0 Å². The van der Waals surface area contributed by atoms with Crippen molar-refractivity contribution in [2.24, 2.45) is 5.92 Å². The van der Waals surface area contributed by atoms with E-state index in [-0.39, 0.29) is 11.7 Å². The van der Waals surface area contributed by atoms with Gasteiger partial charge in [-0.25, -0.2) is 0 Å². The van der Waals surface area contributed by atoms with Gasteiger partial charge in [-0.3, -0.25) is 9.89 Å². The number of aliphatic hydroxyl groups is 1. The summed E-state index contributed by atoms with van der Waals surface area (Å²) < 4.78 is 5.32. The van der Waals surface area contributed by atoms with Crippen molar-refractivity contribution in [1.29, 1.82) is 0 Å². The molecule has 0 fully saturated rings. The molecule has 0 unspecified atom stereocenters. The second-order valence-electron chi connectivity index (χ2n) is 6.59. The molecule has 23 heavy (non-hydrogen) atoms. The van der Waals surface area contributed by atoms with Gasteiger partial charge in [0.2, 0.25) is 0 Å². The van der Waals surface area contributed by atoms with Gasteiger partial charge in [-0.05, 0) is 38.5 Å². The number of benzene rings is 1. The molecule has 5 nitrogen and oxygen atoms in total. The molecule has 0 amide bonds. The average Bonchev–Trinajstić information content (AvgIpc) is 2.85.